The minimum atomic E-state index is -0.121. The predicted octanol–water partition coefficient (Wildman–Crippen LogP) is 2.16. The predicted molar refractivity (Wildman–Crippen MR) is 73.5 cm³/mol. The van der Waals surface area contributed by atoms with E-state index in [1.54, 1.807) is 0 Å². The number of carbonyl (C=O) groups is 1. The zero-order valence-corrected chi connectivity index (χ0v) is 11.3. The first-order chi connectivity index (χ1) is 8.61. The van der Waals surface area contributed by atoms with Crippen molar-refractivity contribution in [3.63, 3.8) is 0 Å². The molecule has 0 fully saturated rings. The van der Waals surface area contributed by atoms with Crippen molar-refractivity contribution in [2.45, 2.75) is 33.4 Å². The van der Waals surface area contributed by atoms with Crippen LogP contribution < -0.4 is 10.6 Å². The Morgan fingerprint density at radius 2 is 2.17 bits per heavy atom. The summed E-state index contributed by atoms with van der Waals surface area (Å²) < 4.78 is 5.25. The minimum Gasteiger partial charge on any atom is -0.369 e. The summed E-state index contributed by atoms with van der Waals surface area (Å²) in [5.74, 6) is -0.121. The van der Waals surface area contributed by atoms with Gasteiger partial charge in [0.05, 0.1) is 6.10 Å². The summed E-state index contributed by atoms with van der Waals surface area (Å²) in [6, 6.07) is 7.81. The van der Waals surface area contributed by atoms with Crippen molar-refractivity contribution in [1.29, 1.82) is 0 Å². The van der Waals surface area contributed by atoms with Gasteiger partial charge in [-0.15, -0.1) is 0 Å². The van der Waals surface area contributed by atoms with Gasteiger partial charge in [0.15, 0.2) is 0 Å². The van der Waals surface area contributed by atoms with Crippen molar-refractivity contribution in [2.24, 2.45) is 0 Å². The van der Waals surface area contributed by atoms with Gasteiger partial charge in [-0.25, -0.2) is 0 Å². The smallest absolute Gasteiger partial charge is 0.250 e. The Morgan fingerprint density at radius 1 is 1.39 bits per heavy atom. The van der Waals surface area contributed by atoms with Crippen LogP contribution in [0.4, 0.5) is 5.69 Å². The number of benzene rings is 1. The quantitative estimate of drug-likeness (QED) is 0.779. The summed E-state index contributed by atoms with van der Waals surface area (Å²) in [7, 11) is 0. The lowest BCUT2D eigenvalue weighted by Crippen LogP contribution is -2.20. The molecule has 1 aromatic carbocycles. The molecular weight excluding hydrogens is 228 g/mol. The summed E-state index contributed by atoms with van der Waals surface area (Å²) in [5, 5.41) is 6.07. The van der Waals surface area contributed by atoms with Crippen LogP contribution in [0, 0.1) is 0 Å². The SMILES string of the molecule is CCNCc1cccc(NC(=O)COC(C)C)c1. The highest BCUT2D eigenvalue weighted by Crippen LogP contribution is 2.10. The lowest BCUT2D eigenvalue weighted by atomic mass is 10.2. The Balaban J connectivity index is 2.48. The second kappa shape index (κ2) is 7.84. The summed E-state index contributed by atoms with van der Waals surface area (Å²) in [6.07, 6.45) is 0.0656. The maximum Gasteiger partial charge on any atom is 0.250 e. The van der Waals surface area contributed by atoms with Gasteiger partial charge in [-0.1, -0.05) is 19.1 Å². The van der Waals surface area contributed by atoms with Crippen LogP contribution >= 0.6 is 0 Å². The van der Waals surface area contributed by atoms with Gasteiger partial charge >= 0.3 is 0 Å². The van der Waals surface area contributed by atoms with Gasteiger partial charge in [0, 0.05) is 12.2 Å². The third kappa shape index (κ3) is 5.80. The molecule has 4 heteroatoms. The second-order valence-electron chi connectivity index (χ2n) is 4.39. The van der Waals surface area contributed by atoms with Gasteiger partial charge < -0.3 is 15.4 Å². The van der Waals surface area contributed by atoms with E-state index in [9.17, 15) is 4.79 Å². The summed E-state index contributed by atoms with van der Waals surface area (Å²) in [6.45, 7) is 7.71. The molecule has 1 rings (SSSR count). The van der Waals surface area contributed by atoms with Crippen LogP contribution in [0.1, 0.15) is 26.3 Å². The molecule has 0 saturated carbocycles. The number of nitrogens with one attached hydrogen (secondary N) is 2. The topological polar surface area (TPSA) is 50.4 Å². The molecule has 0 atom stereocenters. The maximum atomic E-state index is 11.6. The zero-order chi connectivity index (χ0) is 13.4. The molecule has 1 amide bonds. The normalized spacial score (nSPS) is 10.7. The number of amides is 1. The first-order valence-electron chi connectivity index (χ1n) is 6.33. The standard InChI is InChI=1S/C14H22N2O2/c1-4-15-9-12-6-5-7-13(8-12)16-14(17)10-18-11(2)3/h5-8,11,15H,4,9-10H2,1-3H3,(H,16,17). The lowest BCUT2D eigenvalue weighted by Gasteiger charge is -2.09. The molecule has 0 aliphatic carbocycles. The van der Waals surface area contributed by atoms with E-state index in [1.165, 1.54) is 0 Å². The van der Waals surface area contributed by atoms with Crippen LogP contribution in [0.25, 0.3) is 0 Å². The number of hydrogen-bond donors (Lipinski definition) is 2. The first kappa shape index (κ1) is 14.7. The average Bonchev–Trinajstić information content (AvgIpc) is 2.34. The van der Waals surface area contributed by atoms with E-state index in [1.807, 2.05) is 38.1 Å². The summed E-state index contributed by atoms with van der Waals surface area (Å²) in [4.78, 5) is 11.6. The van der Waals surface area contributed by atoms with Crippen molar-refractivity contribution in [2.75, 3.05) is 18.5 Å². The van der Waals surface area contributed by atoms with Gasteiger partial charge in [0.1, 0.15) is 6.61 Å². The Kier molecular flexibility index (Phi) is 6.39. The van der Waals surface area contributed by atoms with Gasteiger partial charge in [-0.2, -0.15) is 0 Å². The molecule has 0 aromatic heterocycles. The Bertz CT molecular complexity index is 378. The molecule has 0 unspecified atom stereocenters. The van der Waals surface area contributed by atoms with Crippen LogP contribution in [0.5, 0.6) is 0 Å². The lowest BCUT2D eigenvalue weighted by molar-refractivity contribution is -0.121. The molecule has 100 valence electrons. The van der Waals surface area contributed by atoms with Crippen LogP contribution in [-0.4, -0.2) is 25.2 Å². The molecular formula is C14H22N2O2. The molecule has 0 aliphatic rings. The number of rotatable bonds is 7. The van der Waals surface area contributed by atoms with Gasteiger partial charge in [-0.05, 0) is 38.1 Å². The average molecular weight is 250 g/mol. The van der Waals surface area contributed by atoms with Crippen LogP contribution in [-0.2, 0) is 16.1 Å². The number of ether oxygens (including phenoxy) is 1. The molecule has 18 heavy (non-hydrogen) atoms. The van der Waals surface area contributed by atoms with E-state index in [0.29, 0.717) is 0 Å². The Labute approximate surface area is 109 Å². The fourth-order valence-electron chi connectivity index (χ4n) is 1.47. The zero-order valence-electron chi connectivity index (χ0n) is 11.3. The molecule has 0 bridgehead atoms. The van der Waals surface area contributed by atoms with Crippen molar-refractivity contribution >= 4 is 11.6 Å². The van der Waals surface area contributed by atoms with Crippen molar-refractivity contribution in [3.8, 4) is 0 Å². The highest BCUT2D eigenvalue weighted by molar-refractivity contribution is 5.91. The van der Waals surface area contributed by atoms with Crippen molar-refractivity contribution in [3.05, 3.63) is 29.8 Å². The molecule has 1 aromatic rings. The van der Waals surface area contributed by atoms with E-state index in [0.717, 1.165) is 24.3 Å². The van der Waals surface area contributed by atoms with Gasteiger partial charge in [0.25, 0.3) is 0 Å². The van der Waals surface area contributed by atoms with Gasteiger partial charge in [0.2, 0.25) is 5.91 Å². The van der Waals surface area contributed by atoms with Crippen LogP contribution in [0.2, 0.25) is 0 Å². The van der Waals surface area contributed by atoms with E-state index in [4.69, 9.17) is 4.74 Å². The van der Waals surface area contributed by atoms with Crippen LogP contribution in [0.3, 0.4) is 0 Å². The third-order valence-electron chi connectivity index (χ3n) is 2.34. The molecule has 0 aliphatic heterocycles. The minimum absolute atomic E-state index is 0.0656. The van der Waals surface area contributed by atoms with E-state index in [2.05, 4.69) is 17.6 Å². The fourth-order valence-corrected chi connectivity index (χ4v) is 1.47. The first-order valence-corrected chi connectivity index (χ1v) is 6.33. The van der Waals surface area contributed by atoms with E-state index < -0.39 is 0 Å². The Hall–Kier alpha value is -1.39. The summed E-state index contributed by atoms with van der Waals surface area (Å²) >= 11 is 0. The van der Waals surface area contributed by atoms with Crippen molar-refractivity contribution < 1.29 is 9.53 Å². The largest absolute Gasteiger partial charge is 0.369 e. The molecule has 0 radical (unpaired) electrons. The second-order valence-corrected chi connectivity index (χ2v) is 4.39. The van der Waals surface area contributed by atoms with Gasteiger partial charge in [-0.3, -0.25) is 4.79 Å². The molecule has 0 spiro atoms. The van der Waals surface area contributed by atoms with E-state index in [-0.39, 0.29) is 18.6 Å². The third-order valence-corrected chi connectivity index (χ3v) is 2.34. The monoisotopic (exact) mass is 250 g/mol. The molecule has 0 saturated heterocycles. The molecule has 2 N–H and O–H groups in total. The maximum absolute atomic E-state index is 11.6. The van der Waals surface area contributed by atoms with E-state index >= 15 is 0 Å². The number of carbonyl (C=O) groups excluding carboxylic acids is 1. The number of hydrogen-bond acceptors (Lipinski definition) is 3. The molecule has 4 nitrogen and oxygen atoms in total. The highest BCUT2D eigenvalue weighted by Gasteiger charge is 2.04. The Morgan fingerprint density at radius 3 is 2.83 bits per heavy atom. The number of anilines is 1. The van der Waals surface area contributed by atoms with Crippen molar-refractivity contribution in [1.82, 2.24) is 5.32 Å². The summed E-state index contributed by atoms with van der Waals surface area (Å²) in [5.41, 5.74) is 1.96. The fraction of sp³-hybridized carbons (Fsp3) is 0.500. The molecule has 0 heterocycles. The highest BCUT2D eigenvalue weighted by atomic mass is 16.5. The van der Waals surface area contributed by atoms with Crippen LogP contribution in [0.15, 0.2) is 24.3 Å².